The summed E-state index contributed by atoms with van der Waals surface area (Å²) in [4.78, 5) is 11.9. The number of carbonyl (C=O) groups is 1. The zero-order valence-electron chi connectivity index (χ0n) is 12.9. The van der Waals surface area contributed by atoms with Gasteiger partial charge in [-0.2, -0.15) is 13.2 Å². The van der Waals surface area contributed by atoms with Crippen LogP contribution in [0.5, 0.6) is 0 Å². The first-order valence-electron chi connectivity index (χ1n) is 7.13. The van der Waals surface area contributed by atoms with Gasteiger partial charge in [0.25, 0.3) is 5.91 Å². The Morgan fingerprint density at radius 3 is 2.67 bits per heavy atom. The Kier molecular flexibility index (Phi) is 3.82. The first kappa shape index (κ1) is 16.1. The Hall–Kier alpha value is -2.77. The summed E-state index contributed by atoms with van der Waals surface area (Å²) in [5, 5.41) is 6.73. The van der Waals surface area contributed by atoms with Crippen molar-refractivity contribution in [2.24, 2.45) is 7.05 Å². The second-order valence-corrected chi connectivity index (χ2v) is 5.49. The van der Waals surface area contributed by atoms with E-state index in [0.29, 0.717) is 22.2 Å². The average molecular weight is 337 g/mol. The van der Waals surface area contributed by atoms with Gasteiger partial charge in [0.15, 0.2) is 0 Å². The lowest BCUT2D eigenvalue weighted by Crippen LogP contribution is -2.22. The molecule has 0 fully saturated rings. The van der Waals surface area contributed by atoms with E-state index < -0.39 is 17.8 Å². The van der Waals surface area contributed by atoms with Crippen LogP contribution >= 0.6 is 0 Å². The smallest absolute Gasteiger partial charge is 0.351 e. The number of halogens is 3. The van der Waals surface area contributed by atoms with Gasteiger partial charge in [0, 0.05) is 30.6 Å². The molecule has 24 heavy (non-hydrogen) atoms. The maximum Gasteiger partial charge on any atom is 0.431 e. The summed E-state index contributed by atoms with van der Waals surface area (Å²) >= 11 is 0. The summed E-state index contributed by atoms with van der Waals surface area (Å²) in [5.41, 5.74) is 1.04. The molecule has 0 atom stereocenters. The number of hydrogen-bond acceptors (Lipinski definition) is 3. The van der Waals surface area contributed by atoms with E-state index in [0.717, 1.165) is 10.6 Å². The first-order chi connectivity index (χ1) is 11.3. The van der Waals surface area contributed by atoms with E-state index in [4.69, 9.17) is 4.52 Å². The second kappa shape index (κ2) is 5.70. The highest BCUT2D eigenvalue weighted by atomic mass is 19.4. The standard InChI is InChI=1S/C16H14F3N3O2/c1-9-5-13(24-21-9)15(23)20-8-10-3-4-12-11(6-10)7-14(22(12)2)16(17,18)19/h3-7H,8H2,1-2H3,(H,20,23). The Morgan fingerprint density at radius 2 is 2.04 bits per heavy atom. The number of fused-ring (bicyclic) bond motifs is 1. The monoisotopic (exact) mass is 337 g/mol. The molecule has 2 heterocycles. The van der Waals surface area contributed by atoms with E-state index >= 15 is 0 Å². The van der Waals surface area contributed by atoms with Gasteiger partial charge in [0.1, 0.15) is 5.69 Å². The van der Waals surface area contributed by atoms with Gasteiger partial charge in [-0.05, 0) is 30.7 Å². The van der Waals surface area contributed by atoms with Gasteiger partial charge in [0.05, 0.1) is 5.69 Å². The number of amides is 1. The van der Waals surface area contributed by atoms with Crippen molar-refractivity contribution in [3.63, 3.8) is 0 Å². The number of rotatable bonds is 3. The molecule has 0 aliphatic heterocycles. The molecule has 0 saturated carbocycles. The lowest BCUT2D eigenvalue weighted by atomic mass is 10.1. The second-order valence-electron chi connectivity index (χ2n) is 5.49. The summed E-state index contributed by atoms with van der Waals surface area (Å²) in [7, 11) is 1.37. The molecule has 0 unspecified atom stereocenters. The molecule has 2 aromatic heterocycles. The van der Waals surface area contributed by atoms with Crippen LogP contribution in [0.2, 0.25) is 0 Å². The third-order valence-electron chi connectivity index (χ3n) is 3.70. The molecule has 0 spiro atoms. The molecule has 0 bridgehead atoms. The van der Waals surface area contributed by atoms with Crippen LogP contribution in [0.15, 0.2) is 34.9 Å². The number of alkyl halides is 3. The fourth-order valence-electron chi connectivity index (χ4n) is 2.52. The topological polar surface area (TPSA) is 60.1 Å². The van der Waals surface area contributed by atoms with E-state index in [9.17, 15) is 18.0 Å². The Morgan fingerprint density at radius 1 is 1.29 bits per heavy atom. The summed E-state index contributed by atoms with van der Waals surface area (Å²) in [5.74, 6) is -0.340. The van der Waals surface area contributed by atoms with E-state index in [1.54, 1.807) is 25.1 Å². The van der Waals surface area contributed by atoms with Crippen molar-refractivity contribution in [3.8, 4) is 0 Å². The summed E-state index contributed by atoms with van der Waals surface area (Å²) in [6.07, 6.45) is -4.41. The van der Waals surface area contributed by atoms with Crippen LogP contribution in [0.3, 0.4) is 0 Å². The largest absolute Gasteiger partial charge is 0.431 e. The van der Waals surface area contributed by atoms with Crippen LogP contribution in [-0.4, -0.2) is 15.6 Å². The van der Waals surface area contributed by atoms with Crippen molar-refractivity contribution in [3.05, 3.63) is 53.0 Å². The molecule has 1 aromatic carbocycles. The molecule has 8 heteroatoms. The molecule has 3 rings (SSSR count). The van der Waals surface area contributed by atoms with E-state index in [1.807, 2.05) is 0 Å². The number of nitrogens with one attached hydrogen (secondary N) is 1. The molecule has 0 aliphatic rings. The summed E-state index contributed by atoms with van der Waals surface area (Å²) < 4.78 is 44.8. The minimum absolute atomic E-state index is 0.0904. The summed E-state index contributed by atoms with van der Waals surface area (Å²) in [6.45, 7) is 1.87. The zero-order chi connectivity index (χ0) is 17.5. The van der Waals surface area contributed by atoms with Crippen molar-refractivity contribution >= 4 is 16.8 Å². The number of carbonyl (C=O) groups excluding carboxylic acids is 1. The van der Waals surface area contributed by atoms with Gasteiger partial charge >= 0.3 is 6.18 Å². The normalized spacial score (nSPS) is 11.9. The Balaban J connectivity index is 1.80. The lowest BCUT2D eigenvalue weighted by molar-refractivity contribution is -0.142. The number of nitrogens with zero attached hydrogens (tertiary/aromatic N) is 2. The quantitative estimate of drug-likeness (QED) is 0.797. The van der Waals surface area contributed by atoms with Gasteiger partial charge in [-0.15, -0.1) is 0 Å². The van der Waals surface area contributed by atoms with Crippen molar-refractivity contribution in [1.29, 1.82) is 0 Å². The number of hydrogen-bond donors (Lipinski definition) is 1. The average Bonchev–Trinajstić information content (AvgIpc) is 3.08. The van der Waals surface area contributed by atoms with Crippen LogP contribution in [0.25, 0.3) is 10.9 Å². The number of aromatic nitrogens is 2. The van der Waals surface area contributed by atoms with Crippen molar-refractivity contribution in [2.75, 3.05) is 0 Å². The van der Waals surface area contributed by atoms with E-state index in [2.05, 4.69) is 10.5 Å². The SMILES string of the molecule is Cc1cc(C(=O)NCc2ccc3c(c2)cc(C(F)(F)F)n3C)on1. The predicted molar refractivity (Wildman–Crippen MR) is 80.3 cm³/mol. The molecule has 5 nitrogen and oxygen atoms in total. The molecule has 0 saturated heterocycles. The van der Waals surface area contributed by atoms with Gasteiger partial charge in [-0.25, -0.2) is 0 Å². The molecule has 0 radical (unpaired) electrons. The molecule has 1 amide bonds. The predicted octanol–water partition coefficient (Wildman–Crippen LogP) is 3.42. The highest BCUT2D eigenvalue weighted by Crippen LogP contribution is 2.33. The van der Waals surface area contributed by atoms with Gasteiger partial charge in [-0.1, -0.05) is 11.2 Å². The van der Waals surface area contributed by atoms with Crippen LogP contribution in [0.1, 0.15) is 27.5 Å². The van der Waals surface area contributed by atoms with E-state index in [1.165, 1.54) is 13.1 Å². The third-order valence-corrected chi connectivity index (χ3v) is 3.70. The maximum atomic E-state index is 12.9. The minimum Gasteiger partial charge on any atom is -0.351 e. The third kappa shape index (κ3) is 2.99. The first-order valence-corrected chi connectivity index (χ1v) is 7.13. The highest BCUT2D eigenvalue weighted by Gasteiger charge is 2.34. The minimum atomic E-state index is -4.41. The van der Waals surface area contributed by atoms with Crippen molar-refractivity contribution in [1.82, 2.24) is 15.0 Å². The Labute approximate surface area is 135 Å². The van der Waals surface area contributed by atoms with Crippen LogP contribution in [-0.2, 0) is 19.8 Å². The van der Waals surface area contributed by atoms with Gasteiger partial charge in [0.2, 0.25) is 5.76 Å². The fraction of sp³-hybridized carbons (Fsp3) is 0.250. The molecule has 1 N–H and O–H groups in total. The maximum absolute atomic E-state index is 12.9. The summed E-state index contributed by atoms with van der Waals surface area (Å²) in [6, 6.07) is 7.50. The molecule has 0 aliphatic carbocycles. The number of benzene rings is 1. The lowest BCUT2D eigenvalue weighted by Gasteiger charge is -2.07. The van der Waals surface area contributed by atoms with Crippen LogP contribution in [0.4, 0.5) is 13.2 Å². The Bertz CT molecular complexity index is 909. The molecule has 126 valence electrons. The van der Waals surface area contributed by atoms with Crippen LogP contribution in [0, 0.1) is 6.92 Å². The molecular weight excluding hydrogens is 323 g/mol. The number of aryl methyl sites for hydroxylation is 2. The van der Waals surface area contributed by atoms with Crippen molar-refractivity contribution in [2.45, 2.75) is 19.6 Å². The van der Waals surface area contributed by atoms with Crippen molar-refractivity contribution < 1.29 is 22.5 Å². The fourth-order valence-corrected chi connectivity index (χ4v) is 2.52. The molecular formula is C16H14F3N3O2. The van der Waals surface area contributed by atoms with Gasteiger partial charge in [-0.3, -0.25) is 4.79 Å². The highest BCUT2D eigenvalue weighted by molar-refractivity contribution is 5.91. The van der Waals surface area contributed by atoms with E-state index in [-0.39, 0.29) is 12.3 Å². The van der Waals surface area contributed by atoms with Gasteiger partial charge < -0.3 is 14.4 Å². The zero-order valence-corrected chi connectivity index (χ0v) is 12.9. The molecule has 3 aromatic rings. The van der Waals surface area contributed by atoms with Crippen LogP contribution < -0.4 is 5.32 Å².